The van der Waals surface area contributed by atoms with E-state index in [9.17, 15) is 8.78 Å². The molecule has 0 spiro atoms. The van der Waals surface area contributed by atoms with Crippen molar-refractivity contribution in [3.8, 4) is 0 Å². The van der Waals surface area contributed by atoms with E-state index in [4.69, 9.17) is 10.5 Å². The molecular formula is C12H17F2NO. The van der Waals surface area contributed by atoms with E-state index in [2.05, 4.69) is 0 Å². The Balaban J connectivity index is 2.76. The first-order chi connectivity index (χ1) is 7.56. The van der Waals surface area contributed by atoms with Gasteiger partial charge in [-0.2, -0.15) is 0 Å². The molecule has 1 aromatic carbocycles. The zero-order valence-corrected chi connectivity index (χ0v) is 9.54. The Hall–Kier alpha value is -1.00. The first kappa shape index (κ1) is 13.1. The van der Waals surface area contributed by atoms with E-state index in [0.717, 1.165) is 0 Å². The Labute approximate surface area is 94.4 Å². The maximum atomic E-state index is 13.4. The Morgan fingerprint density at radius 1 is 1.31 bits per heavy atom. The summed E-state index contributed by atoms with van der Waals surface area (Å²) in [7, 11) is 1.59. The molecule has 16 heavy (non-hydrogen) atoms. The van der Waals surface area contributed by atoms with Crippen molar-refractivity contribution < 1.29 is 13.5 Å². The first-order valence-corrected chi connectivity index (χ1v) is 5.24. The van der Waals surface area contributed by atoms with Crippen LogP contribution < -0.4 is 5.73 Å². The van der Waals surface area contributed by atoms with Gasteiger partial charge < -0.3 is 10.5 Å². The highest BCUT2D eigenvalue weighted by molar-refractivity contribution is 5.22. The van der Waals surface area contributed by atoms with Gasteiger partial charge in [0, 0.05) is 25.3 Å². The van der Waals surface area contributed by atoms with Crippen molar-refractivity contribution in [1.82, 2.24) is 0 Å². The molecule has 90 valence electrons. The Bertz CT molecular complexity index is 324. The van der Waals surface area contributed by atoms with Crippen molar-refractivity contribution in [3.63, 3.8) is 0 Å². The van der Waals surface area contributed by atoms with Crippen molar-refractivity contribution >= 4 is 0 Å². The molecule has 0 aliphatic heterocycles. The number of rotatable bonds is 5. The summed E-state index contributed by atoms with van der Waals surface area (Å²) in [5, 5.41) is 0. The lowest BCUT2D eigenvalue weighted by molar-refractivity contribution is 0.151. The van der Waals surface area contributed by atoms with Gasteiger partial charge in [-0.3, -0.25) is 0 Å². The number of benzene rings is 1. The lowest BCUT2D eigenvalue weighted by atomic mass is 9.96. The summed E-state index contributed by atoms with van der Waals surface area (Å²) >= 11 is 0. The lowest BCUT2D eigenvalue weighted by Gasteiger charge is -2.18. The average molecular weight is 229 g/mol. The zero-order valence-electron chi connectivity index (χ0n) is 9.54. The second-order valence-corrected chi connectivity index (χ2v) is 4.04. The van der Waals surface area contributed by atoms with Crippen LogP contribution >= 0.6 is 0 Å². The van der Waals surface area contributed by atoms with Gasteiger partial charge in [-0.05, 0) is 24.5 Å². The quantitative estimate of drug-likeness (QED) is 0.842. The Kier molecular flexibility index (Phi) is 4.83. The maximum absolute atomic E-state index is 13.4. The molecule has 0 aliphatic rings. The summed E-state index contributed by atoms with van der Waals surface area (Å²) in [6, 6.07) is 3.14. The van der Waals surface area contributed by atoms with Gasteiger partial charge in [0.05, 0.1) is 0 Å². The van der Waals surface area contributed by atoms with Gasteiger partial charge in [-0.25, -0.2) is 8.78 Å². The van der Waals surface area contributed by atoms with Gasteiger partial charge in [0.25, 0.3) is 0 Å². The fraction of sp³-hybridized carbons (Fsp3) is 0.500. The average Bonchev–Trinajstić information content (AvgIpc) is 2.17. The first-order valence-electron chi connectivity index (χ1n) is 5.24. The lowest BCUT2D eigenvalue weighted by Crippen LogP contribution is -2.19. The molecule has 4 heteroatoms. The second kappa shape index (κ2) is 5.92. The fourth-order valence-corrected chi connectivity index (χ4v) is 1.77. The minimum Gasteiger partial charge on any atom is -0.384 e. The molecule has 0 radical (unpaired) electrons. The molecule has 0 heterocycles. The number of halogens is 2. The summed E-state index contributed by atoms with van der Waals surface area (Å²) in [4.78, 5) is 0. The molecule has 2 unspecified atom stereocenters. The highest BCUT2D eigenvalue weighted by Crippen LogP contribution is 2.24. The summed E-state index contributed by atoms with van der Waals surface area (Å²) in [6.45, 7) is 2.46. The standard InChI is InChI=1S/C12H17F2NO/c1-8(7-16-2)6-11(15)12-9(13)4-3-5-10(12)14/h3-5,8,11H,6-7,15H2,1-2H3. The number of ether oxygens (including phenoxy) is 1. The fourth-order valence-electron chi connectivity index (χ4n) is 1.77. The normalized spacial score (nSPS) is 14.8. The van der Waals surface area contributed by atoms with Gasteiger partial charge in [0.1, 0.15) is 11.6 Å². The molecular weight excluding hydrogens is 212 g/mol. The van der Waals surface area contributed by atoms with Crippen LogP contribution in [-0.2, 0) is 4.74 Å². The monoisotopic (exact) mass is 229 g/mol. The van der Waals surface area contributed by atoms with Crippen molar-refractivity contribution in [2.45, 2.75) is 19.4 Å². The van der Waals surface area contributed by atoms with Crippen LogP contribution in [0.4, 0.5) is 8.78 Å². The third-order valence-corrected chi connectivity index (χ3v) is 2.48. The van der Waals surface area contributed by atoms with E-state index in [1.165, 1.54) is 18.2 Å². The second-order valence-electron chi connectivity index (χ2n) is 4.04. The summed E-state index contributed by atoms with van der Waals surface area (Å²) < 4.78 is 31.7. The van der Waals surface area contributed by atoms with Crippen LogP contribution in [0.3, 0.4) is 0 Å². The van der Waals surface area contributed by atoms with E-state index in [1.54, 1.807) is 7.11 Å². The van der Waals surface area contributed by atoms with Crippen LogP contribution in [-0.4, -0.2) is 13.7 Å². The minimum absolute atomic E-state index is 0.0366. The molecule has 0 amide bonds. The van der Waals surface area contributed by atoms with Crippen LogP contribution in [0.15, 0.2) is 18.2 Å². The zero-order chi connectivity index (χ0) is 12.1. The smallest absolute Gasteiger partial charge is 0.130 e. The maximum Gasteiger partial charge on any atom is 0.130 e. The third kappa shape index (κ3) is 3.25. The predicted octanol–water partition coefficient (Wildman–Crippen LogP) is 2.64. The molecule has 0 saturated heterocycles. The van der Waals surface area contributed by atoms with Crippen LogP contribution in [0, 0.1) is 17.6 Å². The van der Waals surface area contributed by atoms with E-state index < -0.39 is 17.7 Å². The van der Waals surface area contributed by atoms with Gasteiger partial charge >= 0.3 is 0 Å². The number of methoxy groups -OCH3 is 1. The van der Waals surface area contributed by atoms with Crippen molar-refractivity contribution in [3.05, 3.63) is 35.4 Å². The Morgan fingerprint density at radius 2 is 1.88 bits per heavy atom. The molecule has 0 bridgehead atoms. The predicted molar refractivity (Wildman–Crippen MR) is 58.9 cm³/mol. The third-order valence-electron chi connectivity index (χ3n) is 2.48. The number of nitrogens with two attached hydrogens (primary N) is 1. The van der Waals surface area contributed by atoms with Crippen LogP contribution in [0.5, 0.6) is 0 Å². The molecule has 1 rings (SSSR count). The molecule has 0 fully saturated rings. The van der Waals surface area contributed by atoms with Crippen molar-refractivity contribution in [2.24, 2.45) is 11.7 Å². The summed E-state index contributed by atoms with van der Waals surface area (Å²) in [5.41, 5.74) is 5.76. The molecule has 0 aromatic heterocycles. The van der Waals surface area contributed by atoms with Gasteiger partial charge in [-0.15, -0.1) is 0 Å². The van der Waals surface area contributed by atoms with Gasteiger partial charge in [-0.1, -0.05) is 13.0 Å². The van der Waals surface area contributed by atoms with E-state index in [1.807, 2.05) is 6.92 Å². The Morgan fingerprint density at radius 3 is 2.38 bits per heavy atom. The SMILES string of the molecule is COCC(C)CC(N)c1c(F)cccc1F. The molecule has 2 N–H and O–H groups in total. The molecule has 2 atom stereocenters. The number of hydrogen-bond donors (Lipinski definition) is 1. The molecule has 1 aromatic rings. The highest BCUT2D eigenvalue weighted by atomic mass is 19.1. The highest BCUT2D eigenvalue weighted by Gasteiger charge is 2.18. The summed E-state index contributed by atoms with van der Waals surface area (Å²) in [6.07, 6.45) is 0.492. The minimum atomic E-state index is -0.633. The summed E-state index contributed by atoms with van der Waals surface area (Å²) in [5.74, 6) is -1.01. The largest absolute Gasteiger partial charge is 0.384 e. The molecule has 0 saturated carbocycles. The molecule has 2 nitrogen and oxygen atoms in total. The topological polar surface area (TPSA) is 35.2 Å². The van der Waals surface area contributed by atoms with E-state index in [-0.39, 0.29) is 11.5 Å². The molecule has 0 aliphatic carbocycles. The van der Waals surface area contributed by atoms with Gasteiger partial charge in [0.15, 0.2) is 0 Å². The van der Waals surface area contributed by atoms with Gasteiger partial charge in [0.2, 0.25) is 0 Å². The van der Waals surface area contributed by atoms with Crippen LogP contribution in [0.1, 0.15) is 24.9 Å². The van der Waals surface area contributed by atoms with Crippen LogP contribution in [0.2, 0.25) is 0 Å². The van der Waals surface area contributed by atoms with Crippen molar-refractivity contribution in [2.75, 3.05) is 13.7 Å². The van der Waals surface area contributed by atoms with E-state index >= 15 is 0 Å². The van der Waals surface area contributed by atoms with E-state index in [0.29, 0.717) is 13.0 Å². The van der Waals surface area contributed by atoms with Crippen molar-refractivity contribution in [1.29, 1.82) is 0 Å². The van der Waals surface area contributed by atoms with Crippen LogP contribution in [0.25, 0.3) is 0 Å². The number of hydrogen-bond acceptors (Lipinski definition) is 2.